The van der Waals surface area contributed by atoms with Gasteiger partial charge in [0, 0.05) is 6.07 Å². The molecule has 2 nitrogen and oxygen atoms in total. The lowest BCUT2D eigenvalue weighted by molar-refractivity contribution is 0.266. The van der Waals surface area contributed by atoms with Crippen molar-refractivity contribution in [1.82, 2.24) is 0 Å². The molecule has 14 heavy (non-hydrogen) atoms. The molecule has 1 aromatic rings. The number of halogens is 2. The summed E-state index contributed by atoms with van der Waals surface area (Å²) in [6.07, 6.45) is 0. The van der Waals surface area contributed by atoms with Gasteiger partial charge in [-0.3, -0.25) is 0 Å². The molecular weight excluding hydrogens is 188 g/mol. The van der Waals surface area contributed by atoms with Gasteiger partial charge in [-0.2, -0.15) is 0 Å². The molecule has 4 heteroatoms. The molecular formula is C10H13F2NO. The number of aliphatic hydroxyl groups excluding tert-OH is 1. The van der Waals surface area contributed by atoms with Gasteiger partial charge in [-0.05, 0) is 30.5 Å². The van der Waals surface area contributed by atoms with E-state index in [1.807, 2.05) is 0 Å². The van der Waals surface area contributed by atoms with Gasteiger partial charge < -0.3 is 10.8 Å². The van der Waals surface area contributed by atoms with Crippen LogP contribution in [0.2, 0.25) is 0 Å². The fraction of sp³-hybridized carbons (Fsp3) is 0.400. The van der Waals surface area contributed by atoms with E-state index in [0.29, 0.717) is 16.7 Å². The first kappa shape index (κ1) is 11.1. The van der Waals surface area contributed by atoms with Gasteiger partial charge in [-0.15, -0.1) is 0 Å². The van der Waals surface area contributed by atoms with Crippen LogP contribution in [-0.4, -0.2) is 11.7 Å². The largest absolute Gasteiger partial charge is 0.394 e. The second-order valence-corrected chi connectivity index (χ2v) is 3.29. The van der Waals surface area contributed by atoms with Crippen LogP contribution in [0.5, 0.6) is 0 Å². The molecule has 0 bridgehead atoms. The molecule has 0 saturated carbocycles. The van der Waals surface area contributed by atoms with Crippen LogP contribution < -0.4 is 5.73 Å². The van der Waals surface area contributed by atoms with Crippen LogP contribution in [0.15, 0.2) is 6.07 Å². The van der Waals surface area contributed by atoms with Gasteiger partial charge >= 0.3 is 0 Å². The van der Waals surface area contributed by atoms with E-state index in [-0.39, 0.29) is 6.61 Å². The SMILES string of the molecule is Cc1c(F)cc(F)c(C)c1C(N)CO. The molecule has 1 atom stereocenters. The topological polar surface area (TPSA) is 46.2 Å². The summed E-state index contributed by atoms with van der Waals surface area (Å²) in [6.45, 7) is 2.71. The molecule has 0 aliphatic carbocycles. The normalized spacial score (nSPS) is 13.0. The molecule has 0 spiro atoms. The first-order chi connectivity index (χ1) is 6.49. The van der Waals surface area contributed by atoms with Gasteiger partial charge in [-0.1, -0.05) is 0 Å². The van der Waals surface area contributed by atoms with Gasteiger partial charge in [0.2, 0.25) is 0 Å². The van der Waals surface area contributed by atoms with E-state index >= 15 is 0 Å². The summed E-state index contributed by atoms with van der Waals surface area (Å²) < 4.78 is 26.3. The quantitative estimate of drug-likeness (QED) is 0.763. The second kappa shape index (κ2) is 4.02. The number of benzene rings is 1. The van der Waals surface area contributed by atoms with Crippen molar-refractivity contribution in [3.63, 3.8) is 0 Å². The molecule has 0 radical (unpaired) electrons. The number of hydrogen-bond donors (Lipinski definition) is 2. The van der Waals surface area contributed by atoms with Gasteiger partial charge in [0.15, 0.2) is 0 Å². The Morgan fingerprint density at radius 3 is 2.07 bits per heavy atom. The lowest BCUT2D eigenvalue weighted by Crippen LogP contribution is -2.18. The maximum atomic E-state index is 13.1. The third kappa shape index (κ3) is 1.76. The molecule has 0 heterocycles. The average Bonchev–Trinajstić information content (AvgIpc) is 2.15. The van der Waals surface area contributed by atoms with Gasteiger partial charge in [0.25, 0.3) is 0 Å². The van der Waals surface area contributed by atoms with Crippen LogP contribution >= 0.6 is 0 Å². The minimum Gasteiger partial charge on any atom is -0.394 e. The molecule has 1 aromatic carbocycles. The number of aliphatic hydroxyl groups is 1. The molecule has 1 rings (SSSR count). The van der Waals surface area contributed by atoms with Crippen molar-refractivity contribution >= 4 is 0 Å². The molecule has 0 aliphatic rings. The highest BCUT2D eigenvalue weighted by molar-refractivity contribution is 5.38. The third-order valence-electron chi connectivity index (χ3n) is 2.35. The zero-order valence-electron chi connectivity index (χ0n) is 8.14. The van der Waals surface area contributed by atoms with E-state index in [2.05, 4.69) is 0 Å². The maximum Gasteiger partial charge on any atom is 0.129 e. The van der Waals surface area contributed by atoms with Crippen LogP contribution in [0.1, 0.15) is 22.7 Å². The fourth-order valence-corrected chi connectivity index (χ4v) is 1.51. The lowest BCUT2D eigenvalue weighted by Gasteiger charge is -2.16. The molecule has 0 fully saturated rings. The standard InChI is InChI=1S/C10H13F2NO/c1-5-7(11)3-8(12)6(2)10(5)9(13)4-14/h3,9,14H,4,13H2,1-2H3. The predicted octanol–water partition coefficient (Wildman–Crippen LogP) is 1.57. The summed E-state index contributed by atoms with van der Waals surface area (Å²) in [5.74, 6) is -1.26. The molecule has 0 aromatic heterocycles. The van der Waals surface area contributed by atoms with Gasteiger partial charge in [-0.25, -0.2) is 8.78 Å². The molecule has 0 saturated heterocycles. The van der Waals surface area contributed by atoms with E-state index in [9.17, 15) is 8.78 Å². The monoisotopic (exact) mass is 201 g/mol. The Hall–Kier alpha value is -1.00. The fourth-order valence-electron chi connectivity index (χ4n) is 1.51. The van der Waals surface area contributed by atoms with E-state index in [1.165, 1.54) is 13.8 Å². The highest BCUT2D eigenvalue weighted by Crippen LogP contribution is 2.24. The van der Waals surface area contributed by atoms with Crippen molar-refractivity contribution in [3.05, 3.63) is 34.4 Å². The van der Waals surface area contributed by atoms with E-state index in [4.69, 9.17) is 10.8 Å². The van der Waals surface area contributed by atoms with Crippen molar-refractivity contribution in [2.24, 2.45) is 5.73 Å². The molecule has 0 amide bonds. The van der Waals surface area contributed by atoms with Crippen LogP contribution in [-0.2, 0) is 0 Å². The predicted molar refractivity (Wildman–Crippen MR) is 49.8 cm³/mol. The Kier molecular flexibility index (Phi) is 3.18. The zero-order valence-corrected chi connectivity index (χ0v) is 8.14. The Morgan fingerprint density at radius 1 is 1.29 bits per heavy atom. The molecule has 0 aliphatic heterocycles. The van der Waals surface area contributed by atoms with Crippen molar-refractivity contribution in [1.29, 1.82) is 0 Å². The number of rotatable bonds is 2. The summed E-state index contributed by atoms with van der Waals surface area (Å²) in [4.78, 5) is 0. The van der Waals surface area contributed by atoms with Crippen molar-refractivity contribution in [2.75, 3.05) is 6.61 Å². The minimum absolute atomic E-state index is 0.297. The van der Waals surface area contributed by atoms with Gasteiger partial charge in [0.1, 0.15) is 11.6 Å². The van der Waals surface area contributed by atoms with Crippen molar-refractivity contribution in [3.8, 4) is 0 Å². The Morgan fingerprint density at radius 2 is 1.71 bits per heavy atom. The number of hydrogen-bond acceptors (Lipinski definition) is 2. The molecule has 3 N–H and O–H groups in total. The summed E-state index contributed by atoms with van der Waals surface area (Å²) in [7, 11) is 0. The Bertz CT molecular complexity index is 326. The second-order valence-electron chi connectivity index (χ2n) is 3.29. The summed E-state index contributed by atoms with van der Waals surface area (Å²) in [6, 6.07) is 0.0957. The summed E-state index contributed by atoms with van der Waals surface area (Å²) >= 11 is 0. The third-order valence-corrected chi connectivity index (χ3v) is 2.35. The van der Waals surface area contributed by atoms with E-state index < -0.39 is 17.7 Å². The smallest absolute Gasteiger partial charge is 0.129 e. The molecule has 1 unspecified atom stereocenters. The maximum absolute atomic E-state index is 13.1. The van der Waals surface area contributed by atoms with Crippen LogP contribution in [0.3, 0.4) is 0 Å². The van der Waals surface area contributed by atoms with E-state index in [1.54, 1.807) is 0 Å². The highest BCUT2D eigenvalue weighted by Gasteiger charge is 2.17. The van der Waals surface area contributed by atoms with Crippen LogP contribution in [0, 0.1) is 25.5 Å². The van der Waals surface area contributed by atoms with Gasteiger partial charge in [0.05, 0.1) is 12.6 Å². The van der Waals surface area contributed by atoms with Crippen molar-refractivity contribution < 1.29 is 13.9 Å². The van der Waals surface area contributed by atoms with Crippen molar-refractivity contribution in [2.45, 2.75) is 19.9 Å². The Balaban J connectivity index is 3.39. The molecule has 78 valence electrons. The first-order valence-corrected chi connectivity index (χ1v) is 4.30. The highest BCUT2D eigenvalue weighted by atomic mass is 19.1. The Labute approximate surface area is 81.4 Å². The van der Waals surface area contributed by atoms with E-state index in [0.717, 1.165) is 6.07 Å². The number of nitrogens with two attached hydrogens (primary N) is 1. The van der Waals surface area contributed by atoms with Crippen LogP contribution in [0.4, 0.5) is 8.78 Å². The lowest BCUT2D eigenvalue weighted by atomic mass is 9.96. The average molecular weight is 201 g/mol. The summed E-state index contributed by atoms with van der Waals surface area (Å²) in [5, 5.41) is 8.85. The van der Waals surface area contributed by atoms with Crippen LogP contribution in [0.25, 0.3) is 0 Å². The first-order valence-electron chi connectivity index (χ1n) is 4.30. The summed E-state index contributed by atoms with van der Waals surface area (Å²) in [5.41, 5.74) is 6.50. The minimum atomic E-state index is -0.736. The zero-order chi connectivity index (χ0) is 10.9.